The maximum atomic E-state index is 11.1. The number of nitrogens with zero attached hydrogens (tertiary/aromatic N) is 4. The van der Waals surface area contributed by atoms with Crippen molar-refractivity contribution in [2.75, 3.05) is 17.6 Å². The number of aromatic amines is 1. The summed E-state index contributed by atoms with van der Waals surface area (Å²) in [5, 5.41) is 14.5. The second-order valence-corrected chi connectivity index (χ2v) is 9.00. The summed E-state index contributed by atoms with van der Waals surface area (Å²) in [6, 6.07) is 14.2. The number of carbonyl (C=O) groups is 1. The van der Waals surface area contributed by atoms with Crippen molar-refractivity contribution in [2.45, 2.75) is 38.4 Å². The van der Waals surface area contributed by atoms with Crippen LogP contribution in [0.4, 0.5) is 5.82 Å². The van der Waals surface area contributed by atoms with Crippen LogP contribution in [0.1, 0.15) is 37.9 Å². The number of rotatable bonds is 9. The molecule has 0 aliphatic heterocycles. The van der Waals surface area contributed by atoms with Crippen LogP contribution >= 0.6 is 11.8 Å². The fraction of sp³-hybridized carbons (Fsp3) is 0.292. The first kappa shape index (κ1) is 22.7. The zero-order chi connectivity index (χ0) is 23.2. The molecule has 3 N–H and O–H groups in total. The van der Waals surface area contributed by atoms with E-state index in [1.165, 1.54) is 18.7 Å². The number of thioether (sulfide) groups is 1. The van der Waals surface area contributed by atoms with E-state index in [0.717, 1.165) is 33.5 Å². The summed E-state index contributed by atoms with van der Waals surface area (Å²) < 4.78 is 0. The standard InChI is InChI=1S/C24H27N7OS/c1-15(2)20-21-22(31-30-20)23(29-24(28-21)33-13-12-25-16(3)32)27-14-17-7-9-18(10-8-17)19-6-4-5-11-26-19/h4-11,15H,12-14H2,1-3H3,(H,25,32)(H,30,31)(H,27,28,29). The van der Waals surface area contributed by atoms with E-state index in [4.69, 9.17) is 9.97 Å². The van der Waals surface area contributed by atoms with Crippen LogP contribution in [0, 0.1) is 0 Å². The van der Waals surface area contributed by atoms with E-state index in [1.807, 2.05) is 18.2 Å². The number of H-pyrrole nitrogens is 1. The summed E-state index contributed by atoms with van der Waals surface area (Å²) >= 11 is 1.51. The fourth-order valence-electron chi connectivity index (χ4n) is 3.37. The van der Waals surface area contributed by atoms with E-state index in [2.05, 4.69) is 63.9 Å². The Hall–Kier alpha value is -3.46. The van der Waals surface area contributed by atoms with Gasteiger partial charge in [-0.3, -0.25) is 14.9 Å². The lowest BCUT2D eigenvalue weighted by atomic mass is 10.1. The van der Waals surface area contributed by atoms with E-state index >= 15 is 0 Å². The molecular weight excluding hydrogens is 434 g/mol. The van der Waals surface area contributed by atoms with Gasteiger partial charge >= 0.3 is 0 Å². The van der Waals surface area contributed by atoms with Crippen molar-refractivity contribution in [3.05, 3.63) is 59.9 Å². The largest absolute Gasteiger partial charge is 0.364 e. The number of hydrogen-bond acceptors (Lipinski definition) is 7. The number of carbonyl (C=O) groups excluding carboxylic acids is 1. The SMILES string of the molecule is CC(=O)NCCSc1nc(NCc2ccc(-c3ccccn3)cc2)c2n[nH]c(C(C)C)c2n1. The maximum Gasteiger partial charge on any atom is 0.216 e. The van der Waals surface area contributed by atoms with Crippen molar-refractivity contribution >= 4 is 34.5 Å². The number of anilines is 1. The summed E-state index contributed by atoms with van der Waals surface area (Å²) in [6.07, 6.45) is 1.80. The van der Waals surface area contributed by atoms with Gasteiger partial charge in [0.25, 0.3) is 0 Å². The Balaban J connectivity index is 1.52. The lowest BCUT2D eigenvalue weighted by Crippen LogP contribution is -2.22. The number of hydrogen-bond donors (Lipinski definition) is 3. The molecule has 0 saturated carbocycles. The van der Waals surface area contributed by atoms with Crippen molar-refractivity contribution in [2.24, 2.45) is 0 Å². The Morgan fingerprint density at radius 2 is 1.91 bits per heavy atom. The molecule has 33 heavy (non-hydrogen) atoms. The van der Waals surface area contributed by atoms with Crippen LogP contribution in [0.15, 0.2) is 53.8 Å². The first-order chi connectivity index (χ1) is 16.0. The number of amides is 1. The van der Waals surface area contributed by atoms with Gasteiger partial charge in [-0.15, -0.1) is 0 Å². The van der Waals surface area contributed by atoms with Crippen LogP contribution in [0.3, 0.4) is 0 Å². The summed E-state index contributed by atoms with van der Waals surface area (Å²) in [5.41, 5.74) is 5.70. The van der Waals surface area contributed by atoms with Crippen molar-refractivity contribution < 1.29 is 4.79 Å². The topological polar surface area (TPSA) is 108 Å². The quantitative estimate of drug-likeness (QED) is 0.193. The minimum absolute atomic E-state index is 0.0414. The molecule has 0 aliphatic carbocycles. The Bertz CT molecular complexity index is 1220. The molecule has 0 bridgehead atoms. The zero-order valence-corrected chi connectivity index (χ0v) is 19.7. The number of benzene rings is 1. The molecule has 1 amide bonds. The first-order valence-electron chi connectivity index (χ1n) is 10.9. The summed E-state index contributed by atoms with van der Waals surface area (Å²) in [4.78, 5) is 25.0. The lowest BCUT2D eigenvalue weighted by Gasteiger charge is -2.10. The van der Waals surface area contributed by atoms with Gasteiger partial charge in [-0.05, 0) is 23.6 Å². The van der Waals surface area contributed by atoms with Gasteiger partial charge in [-0.1, -0.05) is 55.9 Å². The molecular formula is C24H27N7OS. The maximum absolute atomic E-state index is 11.1. The Morgan fingerprint density at radius 3 is 2.61 bits per heavy atom. The predicted octanol–water partition coefficient (Wildman–Crippen LogP) is 4.38. The molecule has 8 nitrogen and oxygen atoms in total. The molecule has 4 aromatic rings. The smallest absolute Gasteiger partial charge is 0.216 e. The van der Waals surface area contributed by atoms with Gasteiger partial charge in [-0.2, -0.15) is 5.10 Å². The Morgan fingerprint density at radius 1 is 1.09 bits per heavy atom. The highest BCUT2D eigenvalue weighted by Gasteiger charge is 2.17. The second kappa shape index (κ2) is 10.4. The van der Waals surface area contributed by atoms with Crippen LogP contribution in [0.25, 0.3) is 22.3 Å². The highest BCUT2D eigenvalue weighted by atomic mass is 32.2. The Kier molecular flexibility index (Phi) is 7.19. The summed E-state index contributed by atoms with van der Waals surface area (Å²) in [6.45, 7) is 6.89. The van der Waals surface area contributed by atoms with Crippen molar-refractivity contribution in [1.82, 2.24) is 30.5 Å². The third kappa shape index (κ3) is 5.67. The van der Waals surface area contributed by atoms with Gasteiger partial charge in [0.15, 0.2) is 16.5 Å². The average molecular weight is 462 g/mol. The molecule has 3 aromatic heterocycles. The monoisotopic (exact) mass is 461 g/mol. The van der Waals surface area contributed by atoms with Crippen LogP contribution in [0.5, 0.6) is 0 Å². The number of aromatic nitrogens is 5. The number of fused-ring (bicyclic) bond motifs is 1. The minimum Gasteiger partial charge on any atom is -0.364 e. The number of nitrogens with one attached hydrogen (secondary N) is 3. The van der Waals surface area contributed by atoms with Crippen LogP contribution in [-0.4, -0.2) is 43.4 Å². The lowest BCUT2D eigenvalue weighted by molar-refractivity contribution is -0.118. The van der Waals surface area contributed by atoms with Crippen LogP contribution < -0.4 is 10.6 Å². The minimum atomic E-state index is -0.0414. The third-order valence-electron chi connectivity index (χ3n) is 5.07. The zero-order valence-electron chi connectivity index (χ0n) is 18.9. The van der Waals surface area contributed by atoms with Gasteiger partial charge in [0, 0.05) is 37.5 Å². The normalized spacial score (nSPS) is 11.2. The molecule has 0 spiro atoms. The van der Waals surface area contributed by atoms with E-state index < -0.39 is 0 Å². The van der Waals surface area contributed by atoms with Crippen LogP contribution in [-0.2, 0) is 11.3 Å². The molecule has 0 radical (unpaired) electrons. The van der Waals surface area contributed by atoms with Gasteiger partial charge in [0.2, 0.25) is 5.91 Å². The van der Waals surface area contributed by atoms with E-state index in [1.54, 1.807) is 6.20 Å². The summed E-state index contributed by atoms with van der Waals surface area (Å²) in [7, 11) is 0. The Labute approximate surface area is 197 Å². The molecule has 9 heteroatoms. The molecule has 1 aromatic carbocycles. The fourth-order valence-corrected chi connectivity index (χ4v) is 4.07. The molecule has 3 heterocycles. The van der Waals surface area contributed by atoms with E-state index in [9.17, 15) is 4.79 Å². The van der Waals surface area contributed by atoms with Gasteiger partial charge in [0.05, 0.1) is 11.4 Å². The van der Waals surface area contributed by atoms with E-state index in [-0.39, 0.29) is 11.8 Å². The third-order valence-corrected chi connectivity index (χ3v) is 5.91. The number of pyridine rings is 1. The first-order valence-corrected chi connectivity index (χ1v) is 11.9. The van der Waals surface area contributed by atoms with Gasteiger partial charge in [0.1, 0.15) is 5.52 Å². The average Bonchev–Trinajstić information content (AvgIpc) is 3.26. The van der Waals surface area contributed by atoms with Gasteiger partial charge < -0.3 is 10.6 Å². The molecule has 0 fully saturated rings. The van der Waals surface area contributed by atoms with Crippen molar-refractivity contribution in [3.8, 4) is 11.3 Å². The van der Waals surface area contributed by atoms with Crippen LogP contribution in [0.2, 0.25) is 0 Å². The highest BCUT2D eigenvalue weighted by Crippen LogP contribution is 2.28. The van der Waals surface area contributed by atoms with Crippen molar-refractivity contribution in [3.63, 3.8) is 0 Å². The molecule has 4 rings (SSSR count). The van der Waals surface area contributed by atoms with E-state index in [0.29, 0.717) is 29.8 Å². The highest BCUT2D eigenvalue weighted by molar-refractivity contribution is 7.99. The molecule has 0 saturated heterocycles. The van der Waals surface area contributed by atoms with Crippen molar-refractivity contribution in [1.29, 1.82) is 0 Å². The predicted molar refractivity (Wildman–Crippen MR) is 132 cm³/mol. The van der Waals surface area contributed by atoms with Gasteiger partial charge in [-0.25, -0.2) is 9.97 Å². The molecule has 0 aliphatic rings. The molecule has 0 unspecified atom stereocenters. The molecule has 170 valence electrons. The molecule has 0 atom stereocenters. The second-order valence-electron chi connectivity index (χ2n) is 7.94. The summed E-state index contributed by atoms with van der Waals surface area (Å²) in [5.74, 6) is 1.60.